The lowest BCUT2D eigenvalue weighted by atomic mass is 9.50. The van der Waals surface area contributed by atoms with Gasteiger partial charge in [-0.05, 0) is 143 Å². The van der Waals surface area contributed by atoms with Gasteiger partial charge < -0.3 is 59.6 Å². The molecule has 3 aliphatic heterocycles. The molecule has 5 aliphatic rings. The molecule has 3 aromatic carbocycles. The average Bonchev–Trinajstić information content (AvgIpc) is 0.745. The van der Waals surface area contributed by atoms with Crippen molar-refractivity contribution in [3.63, 3.8) is 0 Å². The molecule has 0 spiro atoms. The van der Waals surface area contributed by atoms with Crippen LogP contribution in [-0.2, 0) is 57.8 Å². The van der Waals surface area contributed by atoms with Crippen molar-refractivity contribution in [3.05, 3.63) is 114 Å². The quantitative estimate of drug-likeness (QED) is 0.0170. The first-order chi connectivity index (χ1) is 48.8. The zero-order chi connectivity index (χ0) is 72.6. The maximum atomic E-state index is 13.8. The molecule has 6 aromatic rings. The first-order valence-corrected chi connectivity index (χ1v) is 35.7. The van der Waals surface area contributed by atoms with Gasteiger partial charge in [-0.2, -0.15) is 5.10 Å². The lowest BCUT2D eigenvalue weighted by Gasteiger charge is -2.59. The molecular formula is C74H90N10O17S. The molecule has 2 bridgehead atoms. The lowest BCUT2D eigenvalue weighted by molar-refractivity contribution is -0.238. The number of likely N-dealkylation sites (N-methyl/N-ethyl adjacent to an activating group) is 1. The van der Waals surface area contributed by atoms with Crippen LogP contribution in [0.15, 0.2) is 91.1 Å². The number of rotatable bonds is 29. The second kappa shape index (κ2) is 31.9. The van der Waals surface area contributed by atoms with Crippen LogP contribution in [0, 0.1) is 23.7 Å². The van der Waals surface area contributed by atoms with Crippen molar-refractivity contribution in [2.24, 2.45) is 16.7 Å². The number of aliphatic carboxylic acids is 1. The zero-order valence-corrected chi connectivity index (χ0v) is 59.1. The summed E-state index contributed by atoms with van der Waals surface area (Å²) < 4.78 is 33.4. The van der Waals surface area contributed by atoms with E-state index >= 15 is 0 Å². The second-order valence-electron chi connectivity index (χ2n) is 28.3. The van der Waals surface area contributed by atoms with E-state index in [-0.39, 0.29) is 116 Å². The van der Waals surface area contributed by atoms with Crippen molar-refractivity contribution in [3.8, 4) is 33.9 Å². The lowest BCUT2D eigenvalue weighted by Crippen LogP contribution is -2.55. The number of carbonyl (C=O) groups excluding carboxylic acids is 6. The standard InChI is InChI=1S/C74H90N10O17S/c1-7-72(4)41-73(5)36-46(39-84-45(3)52(38-76-84)51-23-24-53(78-63(51)67(93)94)48-20-19-47-15-13-29-82(55(47)33-48)70(95)80-69-79-54-16-10-11-17-59(54)102-69)37-74(42-72,43-73)99-32-30-81(6)71(96)98-40-49-21-22-50(100-68-64(89)56(85)35-58(101-68)66(91)92)34-57(49)97-31-14-27-75-65(90)44(2)77-60(86)18-9-8-12-28-83-61(87)25-26-62(83)88/h10-11,16-17,19-26,33-34,38,44,46,56,58,64,68,85,89H,7-9,12-15,18,27-32,35-37,39-43H2,1-6H3,(H,75,90)(H,77,86)(H,91,92)(H,93,94)(H,79,80,95)/t44-,46?,56-,58-,64+,68+,72?,73?,74?/m0/s1. The smallest absolute Gasteiger partial charge is 0.409 e. The van der Waals surface area contributed by atoms with Gasteiger partial charge in [0.15, 0.2) is 16.9 Å². The van der Waals surface area contributed by atoms with Gasteiger partial charge in [0.1, 0.15) is 30.3 Å². The molecule has 4 unspecified atom stereocenters. The highest BCUT2D eigenvalue weighted by molar-refractivity contribution is 7.22. The molecule has 3 aromatic heterocycles. The SMILES string of the molecule is CCC1(C)CC2(C)CC(Cn3ncc(-c4ccc(-c5ccc6c(c5)N(C(=O)Nc5nc7ccccc7s5)CCC6)nc4C(=O)O)c3C)CC(OCCN(C)C(=O)OCc3ccc(O[C@@H]4O[C@H](C(=O)O)C[C@H](O)[C@H]4O)cc3OCCCNC(=O)[C@H](C)NC(=O)CCCCCN3C(=O)C=CC3=O)(C1)C2. The minimum Gasteiger partial charge on any atom is -0.493 e. The fraction of sp³-hybridized carbons (Fsp3) is 0.500. The van der Waals surface area contributed by atoms with Crippen LogP contribution in [0.5, 0.6) is 11.5 Å². The molecule has 544 valence electrons. The predicted octanol–water partition coefficient (Wildman–Crippen LogP) is 9.43. The van der Waals surface area contributed by atoms with Crippen molar-refractivity contribution < 1.29 is 82.5 Å². The van der Waals surface area contributed by atoms with Gasteiger partial charge in [0.2, 0.25) is 18.1 Å². The molecule has 7 amide bonds. The number of nitrogens with zero attached hydrogens (tertiary/aromatic N) is 7. The van der Waals surface area contributed by atoms with Crippen LogP contribution < -0.4 is 30.3 Å². The predicted molar refractivity (Wildman–Crippen MR) is 377 cm³/mol. The molecule has 2 aliphatic carbocycles. The fourth-order valence-electron chi connectivity index (χ4n) is 15.3. The molecule has 9 atom stereocenters. The molecule has 6 heterocycles. The summed E-state index contributed by atoms with van der Waals surface area (Å²) in [5.41, 5.74) is 5.22. The van der Waals surface area contributed by atoms with Crippen molar-refractivity contribution in [2.75, 3.05) is 56.7 Å². The van der Waals surface area contributed by atoms with Gasteiger partial charge in [-0.1, -0.05) is 69.2 Å². The largest absolute Gasteiger partial charge is 0.493 e. The minimum absolute atomic E-state index is 0.00340. The summed E-state index contributed by atoms with van der Waals surface area (Å²) in [6, 6.07) is 20.4. The number of hydrogen-bond donors (Lipinski definition) is 7. The van der Waals surface area contributed by atoms with Gasteiger partial charge in [-0.15, -0.1) is 0 Å². The zero-order valence-electron chi connectivity index (χ0n) is 58.3. The maximum Gasteiger partial charge on any atom is 0.409 e. The second-order valence-corrected chi connectivity index (χ2v) is 29.3. The molecule has 2 saturated carbocycles. The number of hydrogen-bond acceptors (Lipinski definition) is 19. The van der Waals surface area contributed by atoms with Crippen molar-refractivity contribution >= 4 is 80.1 Å². The number of anilines is 2. The number of aliphatic hydroxyl groups is 2. The van der Waals surface area contributed by atoms with E-state index in [1.165, 1.54) is 40.5 Å². The number of imide groups is 1. The Hall–Kier alpha value is -9.35. The van der Waals surface area contributed by atoms with Crippen LogP contribution >= 0.6 is 11.3 Å². The van der Waals surface area contributed by atoms with Crippen LogP contribution in [0.4, 0.5) is 20.4 Å². The minimum atomic E-state index is -1.58. The number of aromatic carboxylic acids is 1. The number of urea groups is 1. The van der Waals surface area contributed by atoms with E-state index in [0.717, 1.165) is 83.4 Å². The van der Waals surface area contributed by atoms with Crippen LogP contribution in [0.25, 0.3) is 32.6 Å². The highest BCUT2D eigenvalue weighted by atomic mass is 32.1. The van der Waals surface area contributed by atoms with Crippen molar-refractivity contribution in [2.45, 2.75) is 174 Å². The monoisotopic (exact) mass is 1420 g/mol. The number of carboxylic acid groups (broad SMARTS) is 2. The summed E-state index contributed by atoms with van der Waals surface area (Å²) >= 11 is 1.41. The molecule has 3 fully saturated rings. The Kier molecular flexibility index (Phi) is 23.1. The Labute approximate surface area is 594 Å². The maximum absolute atomic E-state index is 13.8. The molecule has 28 heteroatoms. The van der Waals surface area contributed by atoms with E-state index in [0.29, 0.717) is 65.4 Å². The van der Waals surface area contributed by atoms with Crippen LogP contribution in [0.3, 0.4) is 0 Å². The number of benzene rings is 3. The fourth-order valence-corrected chi connectivity index (χ4v) is 16.1. The summed E-state index contributed by atoms with van der Waals surface area (Å²) in [6.07, 6.45) is 6.03. The van der Waals surface area contributed by atoms with Gasteiger partial charge >= 0.3 is 24.1 Å². The summed E-state index contributed by atoms with van der Waals surface area (Å²) in [6.45, 7) is 12.0. The van der Waals surface area contributed by atoms with E-state index < -0.39 is 60.2 Å². The third kappa shape index (κ3) is 17.6. The number of aliphatic hydroxyl groups excluding tert-OH is 2. The number of aromatic nitrogens is 4. The van der Waals surface area contributed by atoms with Gasteiger partial charge in [0, 0.05) is 104 Å². The third-order valence-corrected chi connectivity index (χ3v) is 21.1. The molecule has 7 N–H and O–H groups in total. The highest BCUT2D eigenvalue weighted by Gasteiger charge is 2.56. The number of amides is 7. The van der Waals surface area contributed by atoms with Gasteiger partial charge in [0.25, 0.3) is 11.8 Å². The van der Waals surface area contributed by atoms with Crippen molar-refractivity contribution in [1.29, 1.82) is 0 Å². The van der Waals surface area contributed by atoms with Gasteiger partial charge in [0.05, 0.1) is 47.0 Å². The molecule has 27 nitrogen and oxygen atoms in total. The number of para-hydroxylation sites is 1. The molecule has 0 radical (unpaired) electrons. The summed E-state index contributed by atoms with van der Waals surface area (Å²) in [7, 11) is 1.62. The van der Waals surface area contributed by atoms with E-state index in [1.54, 1.807) is 37.2 Å². The Balaban J connectivity index is 0.698. The third-order valence-electron chi connectivity index (χ3n) is 20.1. The Bertz CT molecular complexity index is 4110. The topological polar surface area (TPSA) is 353 Å². The number of fused-ring (bicyclic) bond motifs is 4. The first kappa shape index (κ1) is 73.9. The number of unbranched alkanes of at least 4 members (excludes halogenated alkanes) is 2. The van der Waals surface area contributed by atoms with Crippen molar-refractivity contribution in [1.82, 2.24) is 40.2 Å². The molecule has 1 saturated heterocycles. The Morgan fingerprint density at radius 3 is 2.45 bits per heavy atom. The first-order valence-electron chi connectivity index (χ1n) is 34.9. The number of ether oxygens (including phenoxy) is 5. The van der Waals surface area contributed by atoms with E-state index in [2.05, 4.69) is 41.7 Å². The number of pyridine rings is 1. The van der Waals surface area contributed by atoms with Crippen LogP contribution in [0.1, 0.15) is 138 Å². The van der Waals surface area contributed by atoms with E-state index in [1.807, 2.05) is 60.1 Å². The van der Waals surface area contributed by atoms with Gasteiger partial charge in [-0.3, -0.25) is 39.0 Å². The summed E-state index contributed by atoms with van der Waals surface area (Å²) in [5, 5.41) is 55.3. The van der Waals surface area contributed by atoms with E-state index in [4.69, 9.17) is 33.8 Å². The Morgan fingerprint density at radius 2 is 1.69 bits per heavy atom. The number of carbonyl (C=O) groups is 8. The molecule has 11 rings (SSSR count). The normalized spacial score (nSPS) is 23.3. The van der Waals surface area contributed by atoms with Crippen LogP contribution in [-0.4, -0.2) is 180 Å². The highest BCUT2D eigenvalue weighted by Crippen LogP contribution is 2.61. The van der Waals surface area contributed by atoms with E-state index in [9.17, 15) is 58.8 Å². The summed E-state index contributed by atoms with van der Waals surface area (Å²) in [4.78, 5) is 115. The van der Waals surface area contributed by atoms with Gasteiger partial charge in [-0.25, -0.2) is 29.1 Å². The van der Waals surface area contributed by atoms with Crippen LogP contribution in [0.2, 0.25) is 0 Å². The molecular weight excluding hydrogens is 1330 g/mol. The number of thiazole rings is 1. The number of aryl methyl sites for hydroxylation is 1. The average molecular weight is 1420 g/mol. The molecule has 102 heavy (non-hydrogen) atoms. The summed E-state index contributed by atoms with van der Waals surface area (Å²) in [5.74, 6) is -3.59. The number of carboxylic acids is 2. The Morgan fingerprint density at radius 1 is 0.892 bits per heavy atom. The number of nitrogens with one attached hydrogen (secondary N) is 3.